The molecule has 0 rings (SSSR count). The molecule has 0 bridgehead atoms. The Hall–Kier alpha value is 0.970. The van der Waals surface area contributed by atoms with Crippen LogP contribution in [0, 0.1) is 0 Å². The van der Waals surface area contributed by atoms with Gasteiger partial charge in [-0.25, -0.2) is 0 Å². The van der Waals surface area contributed by atoms with Crippen molar-refractivity contribution in [3.05, 3.63) is 0 Å². The third kappa shape index (κ3) is 1660. The molecule has 0 aromatic heterocycles. The largest absolute Gasteiger partial charge is 0.503 e. The minimum Gasteiger partial charge on any atom is -0.396 e. The molecule has 13 heteroatoms. The molecular formula is H5IO9S3. The van der Waals surface area contributed by atoms with Crippen molar-refractivity contribution in [2.24, 2.45) is 0 Å². The smallest absolute Gasteiger partial charge is 0.396 e. The fourth-order valence-corrected chi connectivity index (χ4v) is 0. The molecule has 0 spiro atoms. The summed E-state index contributed by atoms with van der Waals surface area (Å²) >= 11 is -2.91. The maximum absolute atomic E-state index is 9.11. The summed E-state index contributed by atoms with van der Waals surface area (Å²) in [6.07, 6.45) is 0. The lowest BCUT2D eigenvalue weighted by atomic mass is 15.8. The molecule has 0 aliphatic rings. The summed E-state index contributed by atoms with van der Waals surface area (Å²) in [6, 6.07) is 0. The maximum atomic E-state index is 9.11. The second kappa shape index (κ2) is 11.0. The number of hydrogen-bond acceptors (Lipinski definition) is 6. The lowest BCUT2D eigenvalue weighted by Crippen LogP contribution is -3.98. The van der Waals surface area contributed by atoms with E-state index in [1.54, 1.807) is 0 Å². The molecule has 0 saturated heterocycles. The Bertz CT molecular complexity index is 188. The van der Waals surface area contributed by atoms with Crippen molar-refractivity contribution in [3.8, 4) is 0 Å². The Morgan fingerprint density at radius 2 is 1.31 bits per heavy atom. The van der Waals surface area contributed by atoms with Crippen molar-refractivity contribution in [1.82, 2.24) is 0 Å². The van der Waals surface area contributed by atoms with Gasteiger partial charge in [-0.15, -0.1) is 0 Å². The van der Waals surface area contributed by atoms with Crippen LogP contribution in [0.3, 0.4) is 0 Å². The van der Waals surface area contributed by atoms with Crippen LogP contribution in [0.15, 0.2) is 0 Å². The van der Waals surface area contributed by atoms with E-state index in [-0.39, 0.29) is 0 Å². The van der Waals surface area contributed by atoms with Gasteiger partial charge in [-0.05, 0) is 3.44 Å². The summed E-state index contributed by atoms with van der Waals surface area (Å²) in [5.41, 5.74) is 0. The van der Waals surface area contributed by atoms with Crippen molar-refractivity contribution in [3.63, 3.8) is 0 Å². The van der Waals surface area contributed by atoms with E-state index in [0.29, 0.717) is 0 Å². The molecule has 0 saturated carbocycles. The molecule has 5 N–H and O–H groups in total. The molecule has 9 nitrogen and oxygen atoms in total. The van der Waals surface area contributed by atoms with Crippen LogP contribution < -0.4 is 27.9 Å². The Morgan fingerprint density at radius 1 is 1.31 bits per heavy atom. The molecule has 0 radical (unpaired) electrons. The van der Waals surface area contributed by atoms with E-state index in [2.05, 4.69) is 11.2 Å². The highest BCUT2D eigenvalue weighted by molar-refractivity contribution is 8.26. The standard InChI is InChI=1S/HIO3.H2O3S2.H2O3S/c2-1(3)4;1-5(2,3)4;1-4(2)3/h2H;(H2,1,2,3,4);(H2,1,2,3). The van der Waals surface area contributed by atoms with Gasteiger partial charge in [0.25, 0.3) is 20.4 Å². The molecule has 13 heavy (non-hydrogen) atoms. The zero-order valence-corrected chi connectivity index (χ0v) is 10.1. The van der Waals surface area contributed by atoms with Gasteiger partial charge in [0.2, 0.25) is 0 Å². The average molecular weight is 372 g/mol. The number of halogens is 1. The van der Waals surface area contributed by atoms with Crippen LogP contribution in [0.1, 0.15) is 0 Å². The van der Waals surface area contributed by atoms with Crippen LogP contribution in [0.5, 0.6) is 0 Å². The minimum absolute atomic E-state index is 2.61. The van der Waals surface area contributed by atoms with Gasteiger partial charge in [0.05, 0.1) is 0 Å². The second-order valence-corrected chi connectivity index (χ2v) is 4.69. The third-order valence-corrected chi connectivity index (χ3v) is 0. The minimum atomic E-state index is -3.83. The van der Waals surface area contributed by atoms with Crippen LogP contribution >= 0.6 is 0 Å². The van der Waals surface area contributed by atoms with Gasteiger partial charge in [0.15, 0.2) is 0 Å². The van der Waals surface area contributed by atoms with Gasteiger partial charge in [0, 0.05) is 11.2 Å². The highest BCUT2D eigenvalue weighted by Gasteiger charge is 1.89. The molecule has 0 aliphatic carbocycles. The molecule has 0 atom stereocenters. The summed E-state index contributed by atoms with van der Waals surface area (Å²) in [6.45, 7) is 0. The van der Waals surface area contributed by atoms with Gasteiger partial charge in [-0.2, -0.15) is 8.42 Å². The van der Waals surface area contributed by atoms with Crippen LogP contribution in [-0.4, -0.2) is 30.1 Å². The fraction of sp³-hybridized carbons (Fsp3) is 0. The Labute approximate surface area is 89.3 Å². The van der Waals surface area contributed by atoms with E-state index in [4.69, 9.17) is 36.9 Å². The van der Waals surface area contributed by atoms with Crippen molar-refractivity contribution >= 4 is 31.6 Å². The molecule has 0 aliphatic heterocycles. The summed E-state index contributed by atoms with van der Waals surface area (Å²) in [5, 5.41) is 0. The van der Waals surface area contributed by atoms with Gasteiger partial charge in [-0.3, -0.25) is 18.2 Å². The lowest BCUT2D eigenvalue weighted by molar-refractivity contribution is -1.63. The quantitative estimate of drug-likeness (QED) is 0.202. The van der Waals surface area contributed by atoms with Crippen molar-refractivity contribution in [2.75, 3.05) is 0 Å². The second-order valence-electron chi connectivity index (χ2n) is 0.880. The molecule has 0 amide bonds. The summed E-state index contributed by atoms with van der Waals surface area (Å²) in [7, 11) is -3.83. The Kier molecular flexibility index (Phi) is 16.6. The summed E-state index contributed by atoms with van der Waals surface area (Å²) in [5.74, 6) is 0. The summed E-state index contributed by atoms with van der Waals surface area (Å²) < 4.78 is 71.3. The monoisotopic (exact) mass is 372 g/mol. The van der Waals surface area contributed by atoms with Gasteiger partial charge < -0.3 is 6.87 Å². The Balaban J connectivity index is -0.000000117. The van der Waals surface area contributed by atoms with Gasteiger partial charge >= 0.3 is 21.1 Å². The predicted octanol–water partition coefficient (Wildman–Crippen LogP) is -6.57. The normalized spacial score (nSPS) is 9.92. The molecule has 84 valence electrons. The molecule has 0 fully saturated rings. The molecule has 0 heterocycles. The molecule has 0 aromatic rings. The van der Waals surface area contributed by atoms with Crippen LogP contribution in [-0.2, 0) is 31.6 Å². The van der Waals surface area contributed by atoms with Crippen LogP contribution in [0.2, 0.25) is 0 Å². The molecular weight excluding hydrogens is 367 g/mol. The van der Waals surface area contributed by atoms with E-state index < -0.39 is 41.5 Å². The first kappa shape index (κ1) is 19.5. The zero-order chi connectivity index (χ0) is 11.7. The highest BCUT2D eigenvalue weighted by Crippen LogP contribution is 1.62. The average Bonchev–Trinajstić information content (AvgIpc) is 1.50. The molecule has 0 unspecified atom stereocenters. The van der Waals surface area contributed by atoms with Gasteiger partial charge in [0.1, 0.15) is 0 Å². The van der Waals surface area contributed by atoms with Crippen LogP contribution in [0.25, 0.3) is 0 Å². The topological polar surface area (TPSA) is 181 Å². The van der Waals surface area contributed by atoms with Crippen LogP contribution in [0.4, 0.5) is 0 Å². The first-order valence-corrected chi connectivity index (χ1v) is 7.89. The lowest BCUT2D eigenvalue weighted by Gasteiger charge is -1.73. The van der Waals surface area contributed by atoms with E-state index >= 15 is 0 Å². The van der Waals surface area contributed by atoms with E-state index in [9.17, 15) is 0 Å². The van der Waals surface area contributed by atoms with E-state index in [1.165, 1.54) is 0 Å². The SMILES string of the molecule is O=S(O)(O)=S.O=S(O)O.[O-][I+2]([O-])O. The van der Waals surface area contributed by atoms with E-state index in [1.807, 2.05) is 0 Å². The first-order valence-electron chi connectivity index (χ1n) is 1.71. The highest BCUT2D eigenvalue weighted by atomic mass is 127. The number of rotatable bonds is 0. The zero-order valence-electron chi connectivity index (χ0n) is 5.47. The van der Waals surface area contributed by atoms with E-state index in [0.717, 1.165) is 0 Å². The maximum Gasteiger partial charge on any atom is 0.503 e. The summed E-state index contributed by atoms with van der Waals surface area (Å²) in [4.78, 5) is 0. The first-order chi connectivity index (χ1) is 5.46. The number of hydrogen-bond donors (Lipinski definition) is 5. The van der Waals surface area contributed by atoms with Crippen molar-refractivity contribution in [2.45, 2.75) is 0 Å². The third-order valence-electron chi connectivity index (χ3n) is 0. The Morgan fingerprint density at radius 3 is 1.31 bits per heavy atom. The van der Waals surface area contributed by atoms with Crippen molar-refractivity contribution in [1.29, 1.82) is 0 Å². The van der Waals surface area contributed by atoms with Gasteiger partial charge in [-0.1, -0.05) is 0 Å². The van der Waals surface area contributed by atoms with Crippen molar-refractivity contribution < 1.29 is 58.0 Å². The predicted molar refractivity (Wildman–Crippen MR) is 36.4 cm³/mol. The molecule has 0 aromatic carbocycles. The fourth-order valence-electron chi connectivity index (χ4n) is 0.